The first-order chi connectivity index (χ1) is 15.4. The van der Waals surface area contributed by atoms with Crippen molar-refractivity contribution >= 4 is 29.0 Å². The number of carbonyl (C=O) groups is 1. The minimum absolute atomic E-state index is 0.0397. The lowest BCUT2D eigenvalue weighted by Gasteiger charge is -2.13. The minimum Gasteiger partial charge on any atom is -0.461 e. The maximum Gasteiger partial charge on any atom is 0.269 e. The van der Waals surface area contributed by atoms with Crippen LogP contribution in [0.5, 0.6) is 0 Å². The molecule has 0 saturated heterocycles. The van der Waals surface area contributed by atoms with Crippen LogP contribution in [-0.4, -0.2) is 30.8 Å². The van der Waals surface area contributed by atoms with E-state index in [1.54, 1.807) is 25.3 Å². The second-order valence-electron chi connectivity index (χ2n) is 7.01. The Bertz CT molecular complexity index is 1230. The second kappa shape index (κ2) is 9.06. The van der Waals surface area contributed by atoms with Crippen molar-refractivity contribution in [2.24, 2.45) is 0 Å². The summed E-state index contributed by atoms with van der Waals surface area (Å²) < 4.78 is 7.36. The van der Waals surface area contributed by atoms with Crippen LogP contribution in [0.2, 0.25) is 0 Å². The van der Waals surface area contributed by atoms with Crippen LogP contribution in [0.1, 0.15) is 12.5 Å². The Morgan fingerprint density at radius 2 is 1.84 bits per heavy atom. The molecule has 0 bridgehead atoms. The van der Waals surface area contributed by atoms with Gasteiger partial charge in [0.25, 0.3) is 5.69 Å². The summed E-state index contributed by atoms with van der Waals surface area (Å²) in [5.41, 5.74) is 2.40. The molecule has 0 saturated carbocycles. The summed E-state index contributed by atoms with van der Waals surface area (Å²) in [6, 6.07) is 17.1. The van der Waals surface area contributed by atoms with Crippen LogP contribution in [-0.2, 0) is 4.79 Å². The molecule has 0 aliphatic rings. The van der Waals surface area contributed by atoms with Gasteiger partial charge in [-0.1, -0.05) is 29.5 Å². The summed E-state index contributed by atoms with van der Waals surface area (Å²) in [4.78, 5) is 23.0. The number of nitro groups is 1. The summed E-state index contributed by atoms with van der Waals surface area (Å²) in [6.45, 7) is 3.76. The van der Waals surface area contributed by atoms with Crippen molar-refractivity contribution < 1.29 is 14.1 Å². The fourth-order valence-corrected chi connectivity index (χ4v) is 3.83. The summed E-state index contributed by atoms with van der Waals surface area (Å²) in [5, 5.41) is 22.2. The maximum atomic E-state index is 12.7. The van der Waals surface area contributed by atoms with E-state index in [0.29, 0.717) is 22.4 Å². The van der Waals surface area contributed by atoms with Gasteiger partial charge in [-0.05, 0) is 50.2 Å². The van der Waals surface area contributed by atoms with Gasteiger partial charge in [0, 0.05) is 23.5 Å². The third-order valence-corrected chi connectivity index (χ3v) is 5.71. The monoisotopic (exact) mass is 449 g/mol. The summed E-state index contributed by atoms with van der Waals surface area (Å²) in [5.74, 6) is 0.832. The Labute approximate surface area is 187 Å². The van der Waals surface area contributed by atoms with E-state index in [0.717, 1.165) is 11.3 Å². The predicted molar refractivity (Wildman–Crippen MR) is 121 cm³/mol. The average molecular weight is 449 g/mol. The fourth-order valence-electron chi connectivity index (χ4n) is 2.96. The quantitative estimate of drug-likeness (QED) is 0.243. The lowest BCUT2D eigenvalue weighted by molar-refractivity contribution is -0.384. The Hall–Kier alpha value is -3.92. The standard InChI is InChI=1S/C22H19N5O4S/c1-14-5-9-17(10-6-14)26-20(19-4-3-13-31-19)24-25-22(26)32-15(2)21(28)23-16-7-11-18(12-8-16)27(29)30/h3-13,15H,1-2H3,(H,23,28)/t15-/m1/s1. The van der Waals surface area contributed by atoms with Crippen molar-refractivity contribution in [3.05, 3.63) is 82.6 Å². The largest absolute Gasteiger partial charge is 0.461 e. The first kappa shape index (κ1) is 21.3. The first-order valence-electron chi connectivity index (χ1n) is 9.70. The van der Waals surface area contributed by atoms with Crippen molar-refractivity contribution in [1.29, 1.82) is 0 Å². The number of benzene rings is 2. The van der Waals surface area contributed by atoms with Crippen molar-refractivity contribution in [3.63, 3.8) is 0 Å². The number of non-ortho nitro benzene ring substituents is 1. The second-order valence-corrected chi connectivity index (χ2v) is 8.32. The number of hydrogen-bond donors (Lipinski definition) is 1. The third kappa shape index (κ3) is 4.54. The van der Waals surface area contributed by atoms with Crippen molar-refractivity contribution in [2.75, 3.05) is 5.32 Å². The molecule has 0 aliphatic heterocycles. The van der Waals surface area contributed by atoms with Crippen LogP contribution in [0.25, 0.3) is 17.3 Å². The predicted octanol–water partition coefficient (Wildman–Crippen LogP) is 4.86. The van der Waals surface area contributed by atoms with Gasteiger partial charge in [0.2, 0.25) is 11.7 Å². The van der Waals surface area contributed by atoms with E-state index in [2.05, 4.69) is 15.5 Å². The highest BCUT2D eigenvalue weighted by molar-refractivity contribution is 8.00. The van der Waals surface area contributed by atoms with Crippen LogP contribution < -0.4 is 5.32 Å². The minimum atomic E-state index is -0.511. The Morgan fingerprint density at radius 1 is 1.12 bits per heavy atom. The van der Waals surface area contributed by atoms with E-state index in [4.69, 9.17) is 4.42 Å². The number of aryl methyl sites for hydroxylation is 1. The molecule has 2 heterocycles. The van der Waals surface area contributed by atoms with Gasteiger partial charge in [0.05, 0.1) is 16.4 Å². The zero-order valence-corrected chi connectivity index (χ0v) is 18.1. The number of carbonyl (C=O) groups excluding carboxylic acids is 1. The summed E-state index contributed by atoms with van der Waals surface area (Å²) in [7, 11) is 0. The van der Waals surface area contributed by atoms with Crippen LogP contribution in [0.15, 0.2) is 76.5 Å². The summed E-state index contributed by atoms with van der Waals surface area (Å²) in [6.07, 6.45) is 1.57. The molecule has 0 fully saturated rings. The molecule has 162 valence electrons. The molecule has 2 aromatic heterocycles. The zero-order valence-electron chi connectivity index (χ0n) is 17.3. The first-order valence-corrected chi connectivity index (χ1v) is 10.6. The van der Waals surface area contributed by atoms with Gasteiger partial charge >= 0.3 is 0 Å². The van der Waals surface area contributed by atoms with Gasteiger partial charge in [0.1, 0.15) is 0 Å². The number of hydrogen-bond acceptors (Lipinski definition) is 7. The summed E-state index contributed by atoms with van der Waals surface area (Å²) >= 11 is 1.25. The normalized spacial score (nSPS) is 11.8. The molecule has 0 spiro atoms. The van der Waals surface area contributed by atoms with E-state index < -0.39 is 10.2 Å². The molecule has 1 N–H and O–H groups in total. The SMILES string of the molecule is Cc1ccc(-n2c(S[C@H](C)C(=O)Nc3ccc([N+](=O)[O-])cc3)nnc2-c2ccco2)cc1. The molecule has 2 aromatic carbocycles. The Morgan fingerprint density at radius 3 is 2.47 bits per heavy atom. The number of amides is 1. The van der Waals surface area contributed by atoms with Gasteiger partial charge in [-0.25, -0.2) is 0 Å². The van der Waals surface area contributed by atoms with Gasteiger partial charge in [-0.2, -0.15) is 0 Å². The molecule has 4 rings (SSSR count). The Balaban J connectivity index is 1.57. The molecule has 0 aliphatic carbocycles. The molecular formula is C22H19N5O4S. The van der Waals surface area contributed by atoms with Crippen LogP contribution in [0.4, 0.5) is 11.4 Å². The van der Waals surface area contributed by atoms with E-state index in [-0.39, 0.29) is 11.6 Å². The van der Waals surface area contributed by atoms with Crippen LogP contribution >= 0.6 is 11.8 Å². The molecule has 4 aromatic rings. The van der Waals surface area contributed by atoms with Crippen LogP contribution in [0.3, 0.4) is 0 Å². The van der Waals surface area contributed by atoms with E-state index in [1.165, 1.54) is 36.0 Å². The smallest absolute Gasteiger partial charge is 0.269 e. The number of anilines is 1. The molecule has 1 atom stereocenters. The molecular weight excluding hydrogens is 430 g/mol. The van der Waals surface area contributed by atoms with Gasteiger partial charge in [-0.3, -0.25) is 19.5 Å². The number of furan rings is 1. The molecule has 0 unspecified atom stereocenters. The zero-order chi connectivity index (χ0) is 22.7. The number of nitro benzene ring substituents is 1. The molecule has 9 nitrogen and oxygen atoms in total. The number of nitrogens with zero attached hydrogens (tertiary/aromatic N) is 4. The average Bonchev–Trinajstić information content (AvgIpc) is 3.45. The highest BCUT2D eigenvalue weighted by atomic mass is 32.2. The number of rotatable bonds is 7. The third-order valence-electron chi connectivity index (χ3n) is 4.66. The van der Waals surface area contributed by atoms with Crippen molar-refractivity contribution in [2.45, 2.75) is 24.3 Å². The highest BCUT2D eigenvalue weighted by Gasteiger charge is 2.23. The Kier molecular flexibility index (Phi) is 6.04. The number of nitrogens with one attached hydrogen (secondary N) is 1. The topological polar surface area (TPSA) is 116 Å². The highest BCUT2D eigenvalue weighted by Crippen LogP contribution is 2.31. The maximum absolute atomic E-state index is 12.7. The van der Waals surface area contributed by atoms with E-state index in [9.17, 15) is 14.9 Å². The van der Waals surface area contributed by atoms with Gasteiger partial charge in [-0.15, -0.1) is 10.2 Å². The van der Waals surface area contributed by atoms with Crippen LogP contribution in [0, 0.1) is 17.0 Å². The lowest BCUT2D eigenvalue weighted by atomic mass is 10.2. The number of thioether (sulfide) groups is 1. The van der Waals surface area contributed by atoms with Crippen molar-refractivity contribution in [3.8, 4) is 17.3 Å². The van der Waals surface area contributed by atoms with E-state index >= 15 is 0 Å². The molecule has 1 amide bonds. The molecule has 0 radical (unpaired) electrons. The molecule has 32 heavy (non-hydrogen) atoms. The van der Waals surface area contributed by atoms with Crippen molar-refractivity contribution in [1.82, 2.24) is 14.8 Å². The number of aromatic nitrogens is 3. The lowest BCUT2D eigenvalue weighted by Crippen LogP contribution is -2.22. The van der Waals surface area contributed by atoms with Gasteiger partial charge in [0.15, 0.2) is 10.9 Å². The van der Waals surface area contributed by atoms with E-state index in [1.807, 2.05) is 35.8 Å². The van der Waals surface area contributed by atoms with Gasteiger partial charge < -0.3 is 9.73 Å². The fraction of sp³-hybridized carbons (Fsp3) is 0.136. The molecule has 10 heteroatoms.